The standard InChI is InChI=1S/C22H28N8O3/c1-13-19(33-12-15-6-7-16(15)22(31)32-3)9-8-17(23-13)21-18(29(2)27-25-21)11-30-26-20(24-28-30)10-14-4-5-14/h8-9,14-16H,4-7,10-12H2,1-3H3/t15-,16+/m0/s1. The summed E-state index contributed by atoms with van der Waals surface area (Å²) in [5.41, 5.74) is 2.99. The monoisotopic (exact) mass is 452 g/mol. The maximum Gasteiger partial charge on any atom is 0.309 e. The Morgan fingerprint density at radius 3 is 2.70 bits per heavy atom. The number of carbonyl (C=O) groups is 1. The first-order valence-corrected chi connectivity index (χ1v) is 11.4. The van der Waals surface area contributed by atoms with Gasteiger partial charge in [-0.1, -0.05) is 5.21 Å². The van der Waals surface area contributed by atoms with Crippen molar-refractivity contribution in [3.8, 4) is 17.1 Å². The van der Waals surface area contributed by atoms with Crippen LogP contribution in [0.4, 0.5) is 0 Å². The van der Waals surface area contributed by atoms with Gasteiger partial charge in [-0.05, 0) is 55.9 Å². The van der Waals surface area contributed by atoms with Crippen LogP contribution in [0.5, 0.6) is 5.75 Å². The van der Waals surface area contributed by atoms with Crippen LogP contribution in [0.1, 0.15) is 42.9 Å². The summed E-state index contributed by atoms with van der Waals surface area (Å²) in [5.74, 6) is 2.15. The van der Waals surface area contributed by atoms with Crippen molar-refractivity contribution in [2.24, 2.45) is 24.8 Å². The minimum Gasteiger partial charge on any atom is -0.491 e. The van der Waals surface area contributed by atoms with E-state index in [-0.39, 0.29) is 17.8 Å². The highest BCUT2D eigenvalue weighted by atomic mass is 16.5. The van der Waals surface area contributed by atoms with E-state index in [2.05, 4.69) is 25.7 Å². The lowest BCUT2D eigenvalue weighted by atomic mass is 9.74. The van der Waals surface area contributed by atoms with E-state index >= 15 is 0 Å². The lowest BCUT2D eigenvalue weighted by molar-refractivity contribution is -0.152. The smallest absolute Gasteiger partial charge is 0.309 e. The Morgan fingerprint density at radius 1 is 1.15 bits per heavy atom. The molecule has 0 unspecified atom stereocenters. The first kappa shape index (κ1) is 21.5. The van der Waals surface area contributed by atoms with Gasteiger partial charge in [0.05, 0.1) is 36.7 Å². The fraction of sp³-hybridized carbons (Fsp3) is 0.591. The maximum atomic E-state index is 11.8. The van der Waals surface area contributed by atoms with Crippen LogP contribution in [-0.2, 0) is 29.5 Å². The van der Waals surface area contributed by atoms with Crippen LogP contribution in [0.2, 0.25) is 0 Å². The predicted molar refractivity (Wildman–Crippen MR) is 116 cm³/mol. The molecule has 2 saturated carbocycles. The number of tetrazole rings is 1. The van der Waals surface area contributed by atoms with E-state index < -0.39 is 0 Å². The largest absolute Gasteiger partial charge is 0.491 e. The van der Waals surface area contributed by atoms with Crippen molar-refractivity contribution in [2.45, 2.75) is 45.6 Å². The molecule has 3 aromatic rings. The second-order valence-corrected chi connectivity index (χ2v) is 8.95. The summed E-state index contributed by atoms with van der Waals surface area (Å²) in [6, 6.07) is 3.77. The summed E-state index contributed by atoms with van der Waals surface area (Å²) in [6.45, 7) is 2.78. The van der Waals surface area contributed by atoms with Gasteiger partial charge < -0.3 is 9.47 Å². The molecule has 0 radical (unpaired) electrons. The third-order valence-corrected chi connectivity index (χ3v) is 6.55. The Bertz CT molecular complexity index is 1150. The highest BCUT2D eigenvalue weighted by Crippen LogP contribution is 2.36. The van der Waals surface area contributed by atoms with Crippen molar-refractivity contribution in [2.75, 3.05) is 13.7 Å². The molecule has 0 N–H and O–H groups in total. The number of pyridine rings is 1. The summed E-state index contributed by atoms with van der Waals surface area (Å²) in [7, 11) is 3.27. The normalized spacial score (nSPS) is 19.8. The summed E-state index contributed by atoms with van der Waals surface area (Å²) in [6.07, 6.45) is 5.21. The van der Waals surface area contributed by atoms with Gasteiger partial charge in [-0.3, -0.25) is 4.79 Å². The molecule has 0 amide bonds. The molecule has 2 atom stereocenters. The zero-order valence-electron chi connectivity index (χ0n) is 19.1. The number of ether oxygens (including phenoxy) is 2. The van der Waals surface area contributed by atoms with Gasteiger partial charge in [0.2, 0.25) is 0 Å². The predicted octanol–water partition coefficient (Wildman–Crippen LogP) is 1.75. The molecule has 2 fully saturated rings. The van der Waals surface area contributed by atoms with Gasteiger partial charge in [-0.2, -0.15) is 4.80 Å². The average Bonchev–Trinajstić information content (AvgIpc) is 3.37. The maximum absolute atomic E-state index is 11.8. The number of carbonyl (C=O) groups excluding carboxylic acids is 1. The molecule has 174 valence electrons. The van der Waals surface area contributed by atoms with E-state index in [1.807, 2.05) is 26.1 Å². The lowest BCUT2D eigenvalue weighted by Crippen LogP contribution is -2.37. The van der Waals surface area contributed by atoms with Gasteiger partial charge in [0.15, 0.2) is 5.82 Å². The van der Waals surface area contributed by atoms with Crippen LogP contribution in [0.3, 0.4) is 0 Å². The Hall–Kier alpha value is -3.37. The minimum absolute atomic E-state index is 0.0696. The first-order chi connectivity index (χ1) is 16.0. The van der Waals surface area contributed by atoms with Gasteiger partial charge >= 0.3 is 5.97 Å². The van der Waals surface area contributed by atoms with Crippen molar-refractivity contribution >= 4 is 5.97 Å². The SMILES string of the molecule is COC(=O)[C@@H]1CC[C@H]1COc1ccc(-c2nnn(C)c2Cn2nnc(CC3CC3)n2)nc1C. The van der Waals surface area contributed by atoms with Crippen molar-refractivity contribution in [1.82, 2.24) is 40.2 Å². The van der Waals surface area contributed by atoms with Crippen molar-refractivity contribution in [3.63, 3.8) is 0 Å². The summed E-state index contributed by atoms with van der Waals surface area (Å²) >= 11 is 0. The fourth-order valence-electron chi connectivity index (χ4n) is 4.15. The van der Waals surface area contributed by atoms with Gasteiger partial charge in [0.1, 0.15) is 18.0 Å². The molecular weight excluding hydrogens is 424 g/mol. The zero-order valence-corrected chi connectivity index (χ0v) is 19.1. The van der Waals surface area contributed by atoms with Crippen molar-refractivity contribution in [3.05, 3.63) is 29.3 Å². The van der Waals surface area contributed by atoms with Gasteiger partial charge in [-0.15, -0.1) is 15.3 Å². The number of esters is 1. The Balaban J connectivity index is 1.27. The molecule has 2 aliphatic rings. The fourth-order valence-corrected chi connectivity index (χ4v) is 4.15. The third-order valence-electron chi connectivity index (χ3n) is 6.55. The highest BCUT2D eigenvalue weighted by molar-refractivity contribution is 5.73. The first-order valence-electron chi connectivity index (χ1n) is 11.4. The molecule has 33 heavy (non-hydrogen) atoms. The van der Waals surface area contributed by atoms with Gasteiger partial charge in [0.25, 0.3) is 0 Å². The summed E-state index contributed by atoms with van der Waals surface area (Å²) in [5, 5.41) is 21.4. The van der Waals surface area contributed by atoms with Gasteiger partial charge in [0, 0.05) is 19.4 Å². The number of aromatic nitrogens is 8. The lowest BCUT2D eigenvalue weighted by Gasteiger charge is -2.34. The molecule has 0 saturated heterocycles. The summed E-state index contributed by atoms with van der Waals surface area (Å²) in [4.78, 5) is 18.1. The highest BCUT2D eigenvalue weighted by Gasteiger charge is 2.37. The van der Waals surface area contributed by atoms with Gasteiger partial charge in [-0.25, -0.2) is 9.67 Å². The number of methoxy groups -OCH3 is 1. The molecule has 0 bridgehead atoms. The van der Waals surface area contributed by atoms with E-state index in [0.29, 0.717) is 36.2 Å². The van der Waals surface area contributed by atoms with E-state index in [4.69, 9.17) is 14.5 Å². The van der Waals surface area contributed by atoms with E-state index in [1.165, 1.54) is 20.0 Å². The van der Waals surface area contributed by atoms with Crippen LogP contribution in [-0.4, -0.2) is 59.9 Å². The topological polar surface area (TPSA) is 123 Å². The summed E-state index contributed by atoms with van der Waals surface area (Å²) < 4.78 is 12.6. The van der Waals surface area contributed by atoms with E-state index in [0.717, 1.165) is 36.5 Å². The number of hydrogen-bond acceptors (Lipinski definition) is 9. The van der Waals surface area contributed by atoms with Crippen LogP contribution >= 0.6 is 0 Å². The number of rotatable bonds is 9. The Labute approximate surface area is 191 Å². The van der Waals surface area contributed by atoms with Crippen LogP contribution in [0.15, 0.2) is 12.1 Å². The average molecular weight is 453 g/mol. The van der Waals surface area contributed by atoms with Crippen LogP contribution in [0, 0.1) is 24.7 Å². The third kappa shape index (κ3) is 4.57. The number of nitrogens with zero attached hydrogens (tertiary/aromatic N) is 8. The van der Waals surface area contributed by atoms with Crippen LogP contribution < -0.4 is 4.74 Å². The molecular formula is C22H28N8O3. The van der Waals surface area contributed by atoms with Crippen LogP contribution in [0.25, 0.3) is 11.4 Å². The Morgan fingerprint density at radius 2 is 2.00 bits per heavy atom. The molecule has 2 aliphatic carbocycles. The zero-order chi connectivity index (χ0) is 22.9. The second kappa shape index (κ2) is 8.87. The Kier molecular flexibility index (Phi) is 5.77. The molecule has 3 aromatic heterocycles. The molecule has 0 aromatic carbocycles. The minimum atomic E-state index is -0.156. The molecule has 0 aliphatic heterocycles. The molecule has 5 rings (SSSR count). The van der Waals surface area contributed by atoms with E-state index in [1.54, 1.807) is 9.48 Å². The molecule has 11 heteroatoms. The number of aryl methyl sites for hydroxylation is 2. The second-order valence-electron chi connectivity index (χ2n) is 8.95. The van der Waals surface area contributed by atoms with Crippen molar-refractivity contribution in [1.29, 1.82) is 0 Å². The molecule has 11 nitrogen and oxygen atoms in total. The van der Waals surface area contributed by atoms with Crippen molar-refractivity contribution < 1.29 is 14.3 Å². The quantitative estimate of drug-likeness (QED) is 0.447. The molecule has 3 heterocycles. The molecule has 0 spiro atoms. The number of hydrogen-bond donors (Lipinski definition) is 0. The van der Waals surface area contributed by atoms with E-state index in [9.17, 15) is 4.79 Å².